The second-order valence-corrected chi connectivity index (χ2v) is 7.92. The van der Waals surface area contributed by atoms with E-state index in [0.717, 1.165) is 16.7 Å². The highest BCUT2D eigenvalue weighted by molar-refractivity contribution is 8.04. The zero-order valence-corrected chi connectivity index (χ0v) is 15.8. The van der Waals surface area contributed by atoms with E-state index in [2.05, 4.69) is 15.6 Å². The fourth-order valence-electron chi connectivity index (χ4n) is 3.15. The number of carbonyl (C=O) groups is 2. The van der Waals surface area contributed by atoms with E-state index in [0.29, 0.717) is 10.6 Å². The van der Waals surface area contributed by atoms with E-state index in [-0.39, 0.29) is 23.6 Å². The lowest BCUT2D eigenvalue weighted by Gasteiger charge is -2.31. The van der Waals surface area contributed by atoms with Crippen LogP contribution in [-0.2, 0) is 9.59 Å². The van der Waals surface area contributed by atoms with Crippen LogP contribution in [0.25, 0.3) is 5.57 Å². The molecule has 3 unspecified atom stereocenters. The molecule has 1 saturated heterocycles. The van der Waals surface area contributed by atoms with E-state index < -0.39 is 11.7 Å². The van der Waals surface area contributed by atoms with E-state index in [1.165, 1.54) is 11.8 Å². The van der Waals surface area contributed by atoms with Gasteiger partial charge in [-0.1, -0.05) is 54.2 Å². The van der Waals surface area contributed by atoms with E-state index in [1.807, 2.05) is 36.4 Å². The van der Waals surface area contributed by atoms with E-state index in [9.17, 15) is 9.59 Å². The van der Waals surface area contributed by atoms with Crippen molar-refractivity contribution < 1.29 is 9.59 Å². The number of allylic oxidation sites excluding steroid dienone is 5. The van der Waals surface area contributed by atoms with E-state index in [1.54, 1.807) is 12.2 Å². The van der Waals surface area contributed by atoms with Crippen LogP contribution >= 0.6 is 23.4 Å². The summed E-state index contributed by atoms with van der Waals surface area (Å²) < 4.78 is 0. The first-order valence-electron chi connectivity index (χ1n) is 8.46. The predicted molar refractivity (Wildman–Crippen MR) is 108 cm³/mol. The molecule has 0 aromatic heterocycles. The molecule has 8 heteroatoms. The van der Waals surface area contributed by atoms with Crippen LogP contribution in [0.1, 0.15) is 12.0 Å². The number of nitrogens with one attached hydrogen (secondary N) is 2. The lowest BCUT2D eigenvalue weighted by atomic mass is 9.88. The van der Waals surface area contributed by atoms with Gasteiger partial charge in [0.25, 0.3) is 5.91 Å². The molecule has 2 aliphatic heterocycles. The molecule has 4 N–H and O–H groups in total. The first-order chi connectivity index (χ1) is 13.0. The minimum absolute atomic E-state index is 0.159. The molecule has 3 aliphatic rings. The first-order valence-corrected chi connectivity index (χ1v) is 9.78. The summed E-state index contributed by atoms with van der Waals surface area (Å²) in [5.41, 5.74) is 8.42. The zero-order valence-electron chi connectivity index (χ0n) is 14.2. The van der Waals surface area contributed by atoms with Crippen molar-refractivity contribution in [3.63, 3.8) is 0 Å². The van der Waals surface area contributed by atoms with Crippen LogP contribution in [0, 0.1) is 0 Å². The topological polar surface area (TPSA) is 96.6 Å². The van der Waals surface area contributed by atoms with E-state index in [4.69, 9.17) is 17.3 Å². The largest absolute Gasteiger partial charge is 0.331 e. The van der Waals surface area contributed by atoms with Gasteiger partial charge >= 0.3 is 0 Å². The van der Waals surface area contributed by atoms with Crippen LogP contribution in [0.3, 0.4) is 0 Å². The normalized spacial score (nSPS) is 27.7. The molecule has 1 aliphatic carbocycles. The molecule has 3 atom stereocenters. The van der Waals surface area contributed by atoms with Gasteiger partial charge in [0.15, 0.2) is 0 Å². The summed E-state index contributed by atoms with van der Waals surface area (Å²) in [6.07, 6.45) is 5.18. The fraction of sp³-hybridized carbons (Fsp3) is 0.211. The number of nitrogens with zero attached hydrogens (tertiary/aromatic N) is 1. The average Bonchev–Trinajstić information content (AvgIpc) is 2.63. The summed E-state index contributed by atoms with van der Waals surface area (Å²) >= 11 is 7.49. The number of fused-ring (bicyclic) bond motifs is 1. The van der Waals surface area contributed by atoms with Gasteiger partial charge in [-0.3, -0.25) is 14.9 Å². The Morgan fingerprint density at radius 1 is 1.22 bits per heavy atom. The predicted octanol–water partition coefficient (Wildman–Crippen LogP) is 1.89. The lowest BCUT2D eigenvalue weighted by molar-refractivity contribution is -0.123. The van der Waals surface area contributed by atoms with Crippen molar-refractivity contribution in [2.75, 3.05) is 0 Å². The second-order valence-electron chi connectivity index (χ2n) is 6.30. The number of carbonyl (C=O) groups excluding carboxylic acids is 2. The molecule has 0 bridgehead atoms. The number of halogens is 1. The molecular weight excluding hydrogens is 384 g/mol. The molecule has 1 fully saturated rings. The summed E-state index contributed by atoms with van der Waals surface area (Å²) in [6.45, 7) is 0. The molecular formula is C19H17ClN4O2S. The van der Waals surface area contributed by atoms with Gasteiger partial charge in [0.2, 0.25) is 5.91 Å². The molecule has 0 radical (unpaired) electrons. The van der Waals surface area contributed by atoms with Crippen LogP contribution in [0.5, 0.6) is 0 Å². The minimum atomic E-state index is -0.512. The van der Waals surface area contributed by atoms with Crippen LogP contribution in [-0.4, -0.2) is 34.6 Å². The molecule has 27 heavy (non-hydrogen) atoms. The van der Waals surface area contributed by atoms with Gasteiger partial charge in [-0.05, 0) is 11.6 Å². The summed E-state index contributed by atoms with van der Waals surface area (Å²) in [7, 11) is 0. The molecule has 0 spiro atoms. The number of benzene rings is 1. The summed E-state index contributed by atoms with van der Waals surface area (Å²) in [5, 5.41) is 5.61. The average molecular weight is 401 g/mol. The maximum atomic E-state index is 12.8. The maximum Gasteiger partial charge on any atom is 0.284 e. The summed E-state index contributed by atoms with van der Waals surface area (Å²) in [5.74, 6) is -0.507. The Bertz CT molecular complexity index is 923. The van der Waals surface area contributed by atoms with Gasteiger partial charge < -0.3 is 11.1 Å². The van der Waals surface area contributed by atoms with Crippen molar-refractivity contribution in [3.05, 3.63) is 64.6 Å². The van der Waals surface area contributed by atoms with Gasteiger partial charge in [-0.25, -0.2) is 4.99 Å². The van der Waals surface area contributed by atoms with Crippen LogP contribution in [0.4, 0.5) is 0 Å². The van der Waals surface area contributed by atoms with Crippen molar-refractivity contribution in [3.8, 4) is 0 Å². The maximum absolute atomic E-state index is 12.8. The quantitative estimate of drug-likeness (QED) is 0.673. The second kappa shape index (κ2) is 7.44. The Balaban J connectivity index is 1.79. The van der Waals surface area contributed by atoms with E-state index >= 15 is 0 Å². The summed E-state index contributed by atoms with van der Waals surface area (Å²) in [6, 6.07) is 9.61. The monoisotopic (exact) mass is 400 g/mol. The van der Waals surface area contributed by atoms with Gasteiger partial charge in [-0.15, -0.1) is 11.6 Å². The Morgan fingerprint density at radius 3 is 2.74 bits per heavy atom. The molecule has 1 aromatic rings. The number of hydrogen-bond acceptors (Lipinski definition) is 5. The van der Waals surface area contributed by atoms with Gasteiger partial charge in [0.1, 0.15) is 5.50 Å². The smallest absolute Gasteiger partial charge is 0.284 e. The Hall–Kier alpha value is -2.19. The van der Waals surface area contributed by atoms with Crippen molar-refractivity contribution >= 4 is 46.5 Å². The summed E-state index contributed by atoms with van der Waals surface area (Å²) in [4.78, 5) is 29.3. The molecule has 4 rings (SSSR count). The molecule has 1 aromatic carbocycles. The van der Waals surface area contributed by atoms with Crippen molar-refractivity contribution in [1.82, 2.24) is 10.6 Å². The van der Waals surface area contributed by atoms with Crippen LogP contribution in [0.2, 0.25) is 0 Å². The third-order valence-electron chi connectivity index (χ3n) is 4.31. The SMILES string of the molecule is NC1CC(=O)NC(SC2=C(c3ccccc3)C3=CC(Cl)C=CC3=NC2=O)N1. The number of rotatable bonds is 3. The number of alkyl halides is 1. The zero-order chi connectivity index (χ0) is 19.0. The van der Waals surface area contributed by atoms with Gasteiger partial charge in [0.05, 0.1) is 28.6 Å². The third kappa shape index (κ3) is 3.77. The highest BCUT2D eigenvalue weighted by Gasteiger charge is 2.33. The number of aliphatic imine (C=N–C) groups is 1. The number of dihydropyridines is 1. The van der Waals surface area contributed by atoms with Crippen LogP contribution < -0.4 is 16.4 Å². The molecule has 6 nitrogen and oxygen atoms in total. The number of amides is 2. The fourth-order valence-corrected chi connectivity index (χ4v) is 4.51. The van der Waals surface area contributed by atoms with Crippen molar-refractivity contribution in [2.45, 2.75) is 23.5 Å². The lowest BCUT2D eigenvalue weighted by Crippen LogP contribution is -2.58. The molecule has 2 amide bonds. The van der Waals surface area contributed by atoms with Crippen molar-refractivity contribution in [1.29, 1.82) is 0 Å². The molecule has 0 saturated carbocycles. The molecule has 2 heterocycles. The molecule has 138 valence electrons. The Morgan fingerprint density at radius 2 is 2.00 bits per heavy atom. The Kier molecular flexibility index (Phi) is 5.01. The minimum Gasteiger partial charge on any atom is -0.331 e. The van der Waals surface area contributed by atoms with Crippen molar-refractivity contribution in [2.24, 2.45) is 10.7 Å². The first kappa shape index (κ1) is 18.2. The van der Waals surface area contributed by atoms with Gasteiger partial charge in [0, 0.05) is 11.1 Å². The number of hydrogen-bond donors (Lipinski definition) is 3. The number of thioether (sulfide) groups is 1. The van der Waals surface area contributed by atoms with Crippen LogP contribution in [0.15, 0.2) is 64.0 Å². The highest BCUT2D eigenvalue weighted by Crippen LogP contribution is 2.40. The number of nitrogens with two attached hydrogens (primary N) is 1. The standard InChI is InChI=1S/C19H17ClN4O2S/c20-11-6-7-13-12(8-11)16(10-4-2-1-3-5-10)17(18(26)22-13)27-19-23-14(21)9-15(25)24-19/h1-8,11,14,19,23H,9,21H2,(H,24,25). The van der Waals surface area contributed by atoms with Gasteiger partial charge in [-0.2, -0.15) is 0 Å². The highest BCUT2D eigenvalue weighted by atomic mass is 35.5. The third-order valence-corrected chi connectivity index (χ3v) is 5.69. The Labute approximate surface area is 165 Å².